The Morgan fingerprint density at radius 1 is 0.821 bits per heavy atom. The van der Waals surface area contributed by atoms with Gasteiger partial charge in [0.25, 0.3) is 0 Å². The van der Waals surface area contributed by atoms with E-state index in [1.54, 1.807) is 27.8 Å². The van der Waals surface area contributed by atoms with Crippen molar-refractivity contribution >= 4 is 22.9 Å². The molecule has 0 heterocycles. The molecule has 0 amide bonds. The van der Waals surface area contributed by atoms with Gasteiger partial charge in [0.2, 0.25) is 0 Å². The Kier molecular flexibility index (Phi) is 2.49. The summed E-state index contributed by atoms with van der Waals surface area (Å²) in [5, 5.41) is 0. The second-order valence-corrected chi connectivity index (χ2v) is 11.2. The molecule has 5 unspecified atom stereocenters. The van der Waals surface area contributed by atoms with Gasteiger partial charge in [-0.1, -0.05) is 0 Å². The van der Waals surface area contributed by atoms with Crippen molar-refractivity contribution in [2.45, 2.75) is 34.7 Å². The zero-order valence-electron chi connectivity index (χ0n) is 15.4. The van der Waals surface area contributed by atoms with E-state index in [4.69, 9.17) is 0 Å². The maximum atomic E-state index is 4.15. The van der Waals surface area contributed by atoms with Crippen LogP contribution in [0.3, 0.4) is 0 Å². The Labute approximate surface area is 189 Å². The molecule has 2 aromatic rings. The molecule has 2 aromatic carbocycles. The topological polar surface area (TPSA) is 24.1 Å². The Bertz CT molecular complexity index is 1220. The summed E-state index contributed by atoms with van der Waals surface area (Å²) in [5.74, 6) is 0. The normalized spacial score (nSPS) is 46.2. The van der Waals surface area contributed by atoms with Crippen molar-refractivity contribution in [3.05, 3.63) is 94.1 Å². The van der Waals surface area contributed by atoms with E-state index in [0.29, 0.717) is 5.41 Å². The molecule has 2 N–H and O–H groups in total. The molecule has 5 atom stereocenters. The zero-order chi connectivity index (χ0) is 18.6. The van der Waals surface area contributed by atoms with Gasteiger partial charge in [0.1, 0.15) is 0 Å². The van der Waals surface area contributed by atoms with E-state index in [9.17, 15) is 0 Å². The molecule has 6 aliphatic rings. The average Bonchev–Trinajstić information content (AvgIpc) is 3.66. The van der Waals surface area contributed by atoms with Crippen molar-refractivity contribution in [3.8, 4) is 0 Å². The molecular formula is C24H19I2N2-. The Balaban J connectivity index is 1.44. The molecule has 4 fully saturated rings. The van der Waals surface area contributed by atoms with Gasteiger partial charge in [0, 0.05) is 0 Å². The molecule has 0 bridgehead atoms. The van der Waals surface area contributed by atoms with Crippen LogP contribution in [-0.4, -0.2) is 16.0 Å². The number of benzene rings is 2. The molecule has 6 aliphatic carbocycles. The summed E-state index contributed by atoms with van der Waals surface area (Å²) in [6, 6.07) is 18.5. The van der Waals surface area contributed by atoms with Crippen molar-refractivity contribution < 1.29 is 21.5 Å². The van der Waals surface area contributed by atoms with Crippen LogP contribution in [0.25, 0.3) is 0 Å². The van der Waals surface area contributed by atoms with Crippen LogP contribution in [-0.2, 0) is 23.7 Å². The van der Waals surface area contributed by atoms with Crippen LogP contribution in [0.5, 0.6) is 0 Å². The molecule has 4 saturated carbocycles. The number of hydrogen-bond donors (Lipinski definition) is 2. The minimum absolute atomic E-state index is 0.00298. The predicted molar refractivity (Wildman–Crippen MR) is 114 cm³/mol. The van der Waals surface area contributed by atoms with Crippen molar-refractivity contribution in [3.63, 3.8) is 0 Å². The van der Waals surface area contributed by atoms with E-state index in [1.165, 1.54) is 5.56 Å². The van der Waals surface area contributed by atoms with Gasteiger partial charge in [-0.05, 0) is 0 Å². The van der Waals surface area contributed by atoms with E-state index in [1.807, 2.05) is 0 Å². The molecule has 0 aliphatic heterocycles. The van der Waals surface area contributed by atoms with E-state index in [2.05, 4.69) is 95.5 Å². The molecular weight excluding hydrogens is 570 g/mol. The number of nitrogens with one attached hydrogen (secondary N) is 2. The number of allylic oxidation sites excluding steroid dienone is 2. The Hall–Kier alpha value is -0.700. The van der Waals surface area contributed by atoms with Crippen LogP contribution in [0.1, 0.15) is 22.3 Å². The number of hydrogen-bond acceptors (Lipinski definition) is 2. The number of fused-ring (bicyclic) bond motifs is 6. The summed E-state index contributed by atoms with van der Waals surface area (Å²) < 4.78 is 8.01. The molecule has 4 heteroatoms. The Morgan fingerprint density at radius 2 is 1.36 bits per heavy atom. The third-order valence-electron chi connectivity index (χ3n) is 9.01. The third-order valence-corrected chi connectivity index (χ3v) is 11.2. The summed E-state index contributed by atoms with van der Waals surface area (Å²) >= 11 is 2.46. The van der Waals surface area contributed by atoms with Gasteiger partial charge in [-0.3, -0.25) is 0 Å². The van der Waals surface area contributed by atoms with Crippen molar-refractivity contribution in [2.24, 2.45) is 5.41 Å². The first kappa shape index (κ1) is 16.1. The Morgan fingerprint density at radius 3 is 1.93 bits per heavy atom. The first-order valence-electron chi connectivity index (χ1n) is 10.0. The second kappa shape index (κ2) is 4.34. The van der Waals surface area contributed by atoms with Crippen LogP contribution in [0.2, 0.25) is 0 Å². The molecule has 0 radical (unpaired) electrons. The van der Waals surface area contributed by atoms with Crippen LogP contribution in [0, 0.1) is 5.41 Å². The fourth-order valence-corrected chi connectivity index (χ4v) is 11.6. The first-order chi connectivity index (χ1) is 13.8. The standard InChI is InChI=1S/C24H19I2N2/c1-26-28-23-19-13-11-15-7-3-5-9-17(15)21(19,23)24(23)20-16-8-4-2-6-14(16)10-12-18(20)22(20,24)27-25/h2-9,12-13,27-28H,10-11H2,1H3/q-1. The van der Waals surface area contributed by atoms with Crippen molar-refractivity contribution in [1.29, 1.82) is 0 Å². The summed E-state index contributed by atoms with van der Waals surface area (Å²) in [4.78, 5) is 2.38. The van der Waals surface area contributed by atoms with Gasteiger partial charge in [-0.25, -0.2) is 0 Å². The molecule has 0 aromatic heterocycles. The number of rotatable bonds is 3. The predicted octanol–water partition coefficient (Wildman–Crippen LogP) is 0.509. The molecule has 8 rings (SSSR count). The van der Waals surface area contributed by atoms with Gasteiger partial charge in [0.15, 0.2) is 0 Å². The summed E-state index contributed by atoms with van der Waals surface area (Å²) in [6.07, 6.45) is 7.30. The van der Waals surface area contributed by atoms with Gasteiger partial charge < -0.3 is 0 Å². The first-order valence-corrected chi connectivity index (χ1v) is 14.3. The van der Waals surface area contributed by atoms with Crippen molar-refractivity contribution in [2.75, 3.05) is 4.93 Å². The monoisotopic (exact) mass is 589 g/mol. The fourth-order valence-electron chi connectivity index (χ4n) is 8.58. The van der Waals surface area contributed by atoms with E-state index >= 15 is 0 Å². The number of halogens is 2. The van der Waals surface area contributed by atoms with Crippen LogP contribution in [0.4, 0.5) is 0 Å². The van der Waals surface area contributed by atoms with Gasteiger partial charge in [-0.15, -0.1) is 0 Å². The minimum atomic E-state index is 0.00298. The SMILES string of the molecule is C[I-]NC12C3=CCc4ccccc4C31C21C2(NI)C3=CCc4ccccc4C321. The van der Waals surface area contributed by atoms with Crippen LogP contribution >= 0.6 is 22.9 Å². The average molecular weight is 589 g/mol. The molecule has 140 valence electrons. The molecule has 3 spiro atoms. The second-order valence-electron chi connectivity index (χ2n) is 9.09. The van der Waals surface area contributed by atoms with Gasteiger partial charge in [-0.2, -0.15) is 0 Å². The fraction of sp³-hybridized carbons (Fsp3) is 0.333. The quantitative estimate of drug-likeness (QED) is 0.236. The van der Waals surface area contributed by atoms with Gasteiger partial charge in [0.05, 0.1) is 0 Å². The van der Waals surface area contributed by atoms with Crippen molar-refractivity contribution in [1.82, 2.24) is 7.06 Å². The van der Waals surface area contributed by atoms with E-state index < -0.39 is 0 Å². The zero-order valence-corrected chi connectivity index (χ0v) is 19.8. The van der Waals surface area contributed by atoms with E-state index in [0.717, 1.165) is 12.8 Å². The summed E-state index contributed by atoms with van der Waals surface area (Å²) in [5.41, 5.74) is 10.8. The number of alkyl halides is 1. The summed E-state index contributed by atoms with van der Waals surface area (Å²) in [7, 11) is 0. The van der Waals surface area contributed by atoms with Crippen LogP contribution in [0.15, 0.2) is 71.8 Å². The summed E-state index contributed by atoms with van der Waals surface area (Å²) in [6.45, 7) is 0. The van der Waals surface area contributed by atoms with Crippen LogP contribution < -0.4 is 28.5 Å². The molecule has 2 nitrogen and oxygen atoms in total. The molecule has 28 heavy (non-hydrogen) atoms. The van der Waals surface area contributed by atoms with Gasteiger partial charge >= 0.3 is 191 Å². The van der Waals surface area contributed by atoms with E-state index in [-0.39, 0.29) is 43.4 Å². The molecule has 0 saturated heterocycles. The maximum absolute atomic E-state index is 4.15. The third kappa shape index (κ3) is 1.03.